The van der Waals surface area contributed by atoms with E-state index < -0.39 is 11.6 Å². The number of fused-ring (bicyclic) bond motifs is 2. The molecule has 0 aliphatic carbocycles. The zero-order chi connectivity index (χ0) is 18.4. The number of hydrogen-bond acceptors (Lipinski definition) is 4. The Hall–Kier alpha value is -2.56. The van der Waals surface area contributed by atoms with Crippen molar-refractivity contribution in [3.63, 3.8) is 0 Å². The Morgan fingerprint density at radius 3 is 2.52 bits per heavy atom. The predicted octanol–water partition coefficient (Wildman–Crippen LogP) is 4.55. The van der Waals surface area contributed by atoms with Crippen molar-refractivity contribution in [2.75, 3.05) is 0 Å². The highest BCUT2D eigenvalue weighted by Gasteiger charge is 2.22. The van der Waals surface area contributed by atoms with Gasteiger partial charge in [0.15, 0.2) is 0 Å². The minimum absolute atomic E-state index is 0.0713. The number of aliphatic carboxylic acids is 1. The molecule has 0 atom stereocenters. The maximum absolute atomic E-state index is 11.9. The van der Waals surface area contributed by atoms with E-state index in [-0.39, 0.29) is 11.8 Å². The van der Waals surface area contributed by atoms with Crippen LogP contribution < -0.4 is 5.63 Å². The van der Waals surface area contributed by atoms with Gasteiger partial charge in [0.1, 0.15) is 11.2 Å². The highest BCUT2D eigenvalue weighted by atomic mass is 16.4. The summed E-state index contributed by atoms with van der Waals surface area (Å²) in [5.41, 5.74) is 3.44. The molecular weight excluding hydrogens is 320 g/mol. The lowest BCUT2D eigenvalue weighted by Gasteiger charge is -2.17. The van der Waals surface area contributed by atoms with Gasteiger partial charge in [0.05, 0.1) is 6.26 Å². The van der Waals surface area contributed by atoms with Crippen LogP contribution in [0.15, 0.2) is 32.0 Å². The summed E-state index contributed by atoms with van der Waals surface area (Å²) in [6, 6.07) is 3.47. The topological polar surface area (TPSA) is 80.7 Å². The fourth-order valence-electron chi connectivity index (χ4n) is 3.25. The van der Waals surface area contributed by atoms with Crippen LogP contribution >= 0.6 is 0 Å². The van der Waals surface area contributed by atoms with Gasteiger partial charge in [-0.15, -0.1) is 0 Å². The van der Waals surface area contributed by atoms with Gasteiger partial charge in [0, 0.05) is 34.4 Å². The van der Waals surface area contributed by atoms with Crippen molar-refractivity contribution in [1.29, 1.82) is 0 Å². The van der Waals surface area contributed by atoms with Crippen molar-refractivity contribution in [2.24, 2.45) is 0 Å². The van der Waals surface area contributed by atoms with Gasteiger partial charge in [0.25, 0.3) is 0 Å². The molecule has 1 aromatic carbocycles. The van der Waals surface area contributed by atoms with Crippen LogP contribution in [0.25, 0.3) is 21.9 Å². The van der Waals surface area contributed by atoms with Crippen LogP contribution in [-0.4, -0.2) is 11.1 Å². The average Bonchev–Trinajstić information content (AvgIpc) is 2.92. The maximum atomic E-state index is 11.9. The molecular formula is C20H22O5. The minimum Gasteiger partial charge on any atom is -0.481 e. The summed E-state index contributed by atoms with van der Waals surface area (Å²) in [7, 11) is 0. The SMILES string of the molecule is Cc1c2oc(=O)cc(CCCC(=O)O)c2cc2c(C(C)(C)C)coc12. The number of furan rings is 1. The Morgan fingerprint density at radius 1 is 1.16 bits per heavy atom. The number of rotatable bonds is 4. The van der Waals surface area contributed by atoms with Gasteiger partial charge in [0.2, 0.25) is 0 Å². The van der Waals surface area contributed by atoms with E-state index in [4.69, 9.17) is 13.9 Å². The van der Waals surface area contributed by atoms with Crippen LogP contribution in [0, 0.1) is 6.92 Å². The quantitative estimate of drug-likeness (QED) is 0.703. The van der Waals surface area contributed by atoms with Crippen LogP contribution in [-0.2, 0) is 16.6 Å². The van der Waals surface area contributed by atoms with E-state index in [0.717, 1.165) is 33.0 Å². The molecule has 5 heteroatoms. The van der Waals surface area contributed by atoms with E-state index >= 15 is 0 Å². The third-order valence-electron chi connectivity index (χ3n) is 4.53. The van der Waals surface area contributed by atoms with E-state index in [1.807, 2.05) is 13.0 Å². The first-order valence-corrected chi connectivity index (χ1v) is 8.38. The third-order valence-corrected chi connectivity index (χ3v) is 4.53. The second-order valence-electron chi connectivity index (χ2n) is 7.49. The first-order valence-electron chi connectivity index (χ1n) is 8.38. The summed E-state index contributed by atoms with van der Waals surface area (Å²) >= 11 is 0. The van der Waals surface area contributed by atoms with Crippen LogP contribution in [0.4, 0.5) is 0 Å². The Bertz CT molecular complexity index is 1010. The van der Waals surface area contributed by atoms with E-state index in [1.165, 1.54) is 6.07 Å². The molecule has 3 aromatic rings. The van der Waals surface area contributed by atoms with Gasteiger partial charge in [-0.2, -0.15) is 0 Å². The molecule has 2 heterocycles. The fourth-order valence-corrected chi connectivity index (χ4v) is 3.25. The highest BCUT2D eigenvalue weighted by Crippen LogP contribution is 2.37. The van der Waals surface area contributed by atoms with Gasteiger partial charge in [-0.05, 0) is 36.8 Å². The fraction of sp³-hybridized carbons (Fsp3) is 0.400. The van der Waals surface area contributed by atoms with Crippen molar-refractivity contribution >= 4 is 27.9 Å². The zero-order valence-electron chi connectivity index (χ0n) is 14.9. The van der Waals surface area contributed by atoms with Gasteiger partial charge in [-0.25, -0.2) is 4.79 Å². The highest BCUT2D eigenvalue weighted by molar-refractivity contribution is 6.00. The first kappa shape index (κ1) is 17.3. The second kappa shape index (κ2) is 6.06. The molecule has 2 aromatic heterocycles. The number of carbonyl (C=O) groups is 1. The molecule has 0 unspecified atom stereocenters. The van der Waals surface area contributed by atoms with Gasteiger partial charge in [-0.1, -0.05) is 20.8 Å². The van der Waals surface area contributed by atoms with Crippen LogP contribution in [0.5, 0.6) is 0 Å². The molecule has 0 fully saturated rings. The van der Waals surface area contributed by atoms with Crippen LogP contribution in [0.3, 0.4) is 0 Å². The van der Waals surface area contributed by atoms with Crippen molar-refractivity contribution in [3.05, 3.63) is 45.5 Å². The summed E-state index contributed by atoms with van der Waals surface area (Å²) in [5.74, 6) is -0.837. The molecule has 0 saturated carbocycles. The van der Waals surface area contributed by atoms with Gasteiger partial charge in [-0.3, -0.25) is 4.79 Å². The summed E-state index contributed by atoms with van der Waals surface area (Å²) in [6.07, 6.45) is 2.82. The molecule has 5 nitrogen and oxygen atoms in total. The first-order chi connectivity index (χ1) is 11.7. The molecule has 0 amide bonds. The number of aryl methyl sites for hydroxylation is 2. The molecule has 0 radical (unpaired) electrons. The van der Waals surface area contributed by atoms with Crippen LogP contribution in [0.2, 0.25) is 0 Å². The predicted molar refractivity (Wildman–Crippen MR) is 96.3 cm³/mol. The normalized spacial score (nSPS) is 12.2. The molecule has 1 N–H and O–H groups in total. The number of benzene rings is 1. The lowest BCUT2D eigenvalue weighted by atomic mass is 9.86. The number of carboxylic acid groups (broad SMARTS) is 1. The minimum atomic E-state index is -0.837. The Kier molecular flexibility index (Phi) is 4.19. The second-order valence-corrected chi connectivity index (χ2v) is 7.49. The molecule has 0 saturated heterocycles. The number of hydrogen-bond donors (Lipinski definition) is 1. The number of carboxylic acids is 1. The Morgan fingerprint density at radius 2 is 1.88 bits per heavy atom. The van der Waals surface area contributed by atoms with E-state index in [9.17, 15) is 9.59 Å². The third kappa shape index (κ3) is 3.18. The van der Waals surface area contributed by atoms with Crippen molar-refractivity contribution < 1.29 is 18.7 Å². The zero-order valence-corrected chi connectivity index (χ0v) is 14.9. The van der Waals surface area contributed by atoms with E-state index in [2.05, 4.69) is 20.8 Å². The summed E-state index contributed by atoms with van der Waals surface area (Å²) in [5, 5.41) is 10.7. The van der Waals surface area contributed by atoms with Crippen molar-refractivity contribution in [3.8, 4) is 0 Å². The lowest BCUT2D eigenvalue weighted by Crippen LogP contribution is -2.10. The summed E-state index contributed by atoms with van der Waals surface area (Å²) < 4.78 is 11.2. The molecule has 0 spiro atoms. The van der Waals surface area contributed by atoms with E-state index in [0.29, 0.717) is 18.4 Å². The van der Waals surface area contributed by atoms with Crippen LogP contribution in [0.1, 0.15) is 50.3 Å². The molecule has 132 valence electrons. The smallest absolute Gasteiger partial charge is 0.336 e. The maximum Gasteiger partial charge on any atom is 0.336 e. The Labute approximate surface area is 145 Å². The standard InChI is InChI=1S/C20H22O5/c1-11-18-14(15(10-24-18)20(2,3)4)9-13-12(6-5-7-16(21)22)8-17(23)25-19(11)13/h8-10H,5-7H2,1-4H3,(H,21,22). The average molecular weight is 342 g/mol. The molecule has 0 aliphatic heterocycles. The van der Waals surface area contributed by atoms with Crippen molar-refractivity contribution in [1.82, 2.24) is 0 Å². The summed E-state index contributed by atoms with van der Waals surface area (Å²) in [4.78, 5) is 22.7. The lowest BCUT2D eigenvalue weighted by molar-refractivity contribution is -0.137. The molecule has 0 aliphatic rings. The van der Waals surface area contributed by atoms with E-state index in [1.54, 1.807) is 6.26 Å². The molecule has 0 bridgehead atoms. The molecule has 3 rings (SSSR count). The van der Waals surface area contributed by atoms with Gasteiger partial charge >= 0.3 is 11.6 Å². The Balaban J connectivity index is 2.25. The van der Waals surface area contributed by atoms with Gasteiger partial charge < -0.3 is 13.9 Å². The summed E-state index contributed by atoms with van der Waals surface area (Å²) in [6.45, 7) is 8.24. The van der Waals surface area contributed by atoms with Crippen molar-refractivity contribution in [2.45, 2.75) is 52.4 Å². The molecule has 25 heavy (non-hydrogen) atoms. The largest absolute Gasteiger partial charge is 0.481 e. The monoisotopic (exact) mass is 342 g/mol.